The Hall–Kier alpha value is -1.58. The van der Waals surface area contributed by atoms with Gasteiger partial charge in [-0.2, -0.15) is 0 Å². The van der Waals surface area contributed by atoms with Gasteiger partial charge in [-0.25, -0.2) is 0 Å². The summed E-state index contributed by atoms with van der Waals surface area (Å²) in [6.07, 6.45) is 55.0. The molecule has 0 radical (unpaired) electrons. The van der Waals surface area contributed by atoms with Gasteiger partial charge >= 0.3 is 0 Å². The number of rotatable bonds is 39. The average Bonchev–Trinajstić information content (AvgIpc) is 3.05. The van der Waals surface area contributed by atoms with Gasteiger partial charge < -0.3 is 11.5 Å². The van der Waals surface area contributed by atoms with Crippen LogP contribution in [0.4, 0.5) is 0 Å². The minimum Gasteiger partial charge on any atom is -0.366 e. The van der Waals surface area contributed by atoms with Gasteiger partial charge in [-0.1, -0.05) is 218 Å². The van der Waals surface area contributed by atoms with Crippen molar-refractivity contribution in [1.29, 1.82) is 0 Å². The maximum Gasteiger partial charge on any atom is 0.241 e. The molecule has 0 aromatic heterocycles. The van der Waals surface area contributed by atoms with Gasteiger partial charge in [0.2, 0.25) is 11.8 Å². The third-order valence-corrected chi connectivity index (χ3v) is 10.1. The fraction of sp³-hybridized carbons (Fsp3) is 0.860. The summed E-state index contributed by atoms with van der Waals surface area (Å²) in [7, 11) is 0. The van der Waals surface area contributed by atoms with E-state index in [0.717, 1.165) is 18.8 Å². The Morgan fingerprint density at radius 3 is 0.809 bits per heavy atom. The number of hydrogen-bond donors (Lipinski definition) is 2. The minimum absolute atomic E-state index is 0.332. The summed E-state index contributed by atoms with van der Waals surface area (Å²) in [5.74, 6) is 0.314. The lowest BCUT2D eigenvalue weighted by Gasteiger charge is -2.14. The first-order valence-corrected chi connectivity index (χ1v) is 21.0. The van der Waals surface area contributed by atoms with Crippen LogP contribution in [0.2, 0.25) is 0 Å². The van der Waals surface area contributed by atoms with Crippen LogP contribution in [0, 0.1) is 5.92 Å². The van der Waals surface area contributed by atoms with Gasteiger partial charge in [0, 0.05) is 0 Å². The van der Waals surface area contributed by atoms with Crippen LogP contribution in [0.1, 0.15) is 232 Å². The van der Waals surface area contributed by atoms with E-state index < -0.39 is 0 Å². The van der Waals surface area contributed by atoms with Crippen molar-refractivity contribution in [3.63, 3.8) is 0 Å². The average molecular weight is 659 g/mol. The fourth-order valence-electron chi connectivity index (χ4n) is 6.94. The Balaban J connectivity index is 3.28. The first-order valence-electron chi connectivity index (χ1n) is 21.0. The Kier molecular flexibility index (Phi) is 37.6. The monoisotopic (exact) mass is 659 g/mol. The molecule has 0 spiro atoms. The smallest absolute Gasteiger partial charge is 0.241 e. The Bertz CT molecular complexity index is 659. The predicted molar refractivity (Wildman–Crippen MR) is 207 cm³/mol. The molecule has 0 saturated carbocycles. The number of nitrogens with two attached hydrogens (primary N) is 2. The molecule has 0 bridgehead atoms. The summed E-state index contributed by atoms with van der Waals surface area (Å²) in [5.41, 5.74) is 10.2. The van der Waals surface area contributed by atoms with Crippen LogP contribution in [0.5, 0.6) is 0 Å². The molecule has 47 heavy (non-hydrogen) atoms. The predicted octanol–water partition coefficient (Wildman–Crippen LogP) is 13.4. The zero-order chi connectivity index (χ0) is 34.3. The van der Waals surface area contributed by atoms with Crippen molar-refractivity contribution >= 4 is 11.8 Å². The molecule has 0 fully saturated rings. The second-order valence-corrected chi connectivity index (χ2v) is 14.6. The molecule has 0 heterocycles. The van der Waals surface area contributed by atoms with E-state index in [-0.39, 0.29) is 11.8 Å². The van der Waals surface area contributed by atoms with E-state index >= 15 is 0 Å². The molecule has 2 amide bonds. The van der Waals surface area contributed by atoms with Crippen LogP contribution in [-0.4, -0.2) is 11.8 Å². The largest absolute Gasteiger partial charge is 0.366 e. The molecule has 0 atom stereocenters. The number of carbonyl (C=O) groups excluding carboxylic acids is 2. The molecule has 4 nitrogen and oxygen atoms in total. The zero-order valence-electron chi connectivity index (χ0n) is 31.6. The number of allylic oxidation sites excluding steroid dienone is 2. The van der Waals surface area contributed by atoms with Crippen LogP contribution < -0.4 is 11.5 Å². The fourth-order valence-corrected chi connectivity index (χ4v) is 6.94. The second kappa shape index (κ2) is 38.9. The van der Waals surface area contributed by atoms with Crippen LogP contribution in [0.25, 0.3) is 0 Å². The van der Waals surface area contributed by atoms with Crippen LogP contribution >= 0.6 is 0 Å². The molecular weight excluding hydrogens is 576 g/mol. The Morgan fingerprint density at radius 2 is 0.596 bits per heavy atom. The second-order valence-electron chi connectivity index (χ2n) is 14.6. The van der Waals surface area contributed by atoms with Crippen molar-refractivity contribution in [3.05, 3.63) is 24.3 Å². The first-order chi connectivity index (χ1) is 23.1. The Labute approximate surface area is 294 Å². The van der Waals surface area contributed by atoms with Crippen molar-refractivity contribution in [3.8, 4) is 0 Å². The highest BCUT2D eigenvalue weighted by Gasteiger charge is 2.06. The number of unbranched alkanes of at least 4 members (excludes halogenated alkanes) is 30. The molecule has 276 valence electrons. The molecular formula is C43H82N2O2. The number of primary amides is 2. The van der Waals surface area contributed by atoms with E-state index in [0.29, 0.717) is 0 Å². The van der Waals surface area contributed by atoms with Gasteiger partial charge in [0.25, 0.3) is 0 Å². The quantitative estimate of drug-likeness (QED) is 0.0508. The molecule has 0 rings (SSSR count). The highest BCUT2D eigenvalue weighted by Crippen LogP contribution is 2.22. The lowest BCUT2D eigenvalue weighted by molar-refractivity contribution is -0.114. The van der Waals surface area contributed by atoms with E-state index in [1.807, 2.05) is 12.2 Å². The van der Waals surface area contributed by atoms with Gasteiger partial charge in [0.1, 0.15) is 0 Å². The number of amides is 2. The SMILES string of the molecule is CCC(CCCCCCCCCCCCCCCCCC=CC(N)=O)CCCCCCCCCCCCCCCCCC=CC(N)=O. The maximum atomic E-state index is 10.6. The van der Waals surface area contributed by atoms with Crippen molar-refractivity contribution < 1.29 is 9.59 Å². The van der Waals surface area contributed by atoms with Crippen molar-refractivity contribution in [2.45, 2.75) is 232 Å². The summed E-state index contributed by atoms with van der Waals surface area (Å²) in [6, 6.07) is 0. The summed E-state index contributed by atoms with van der Waals surface area (Å²) in [4.78, 5) is 21.3. The van der Waals surface area contributed by atoms with Crippen molar-refractivity contribution in [2.24, 2.45) is 17.4 Å². The summed E-state index contributed by atoms with van der Waals surface area (Å²) >= 11 is 0. The molecule has 4 N–H and O–H groups in total. The summed E-state index contributed by atoms with van der Waals surface area (Å²) in [5, 5.41) is 0. The standard InChI is InChI=1S/C43H82N2O2/c1-2-41(37-33-29-25-21-17-13-9-5-3-7-11-15-19-23-27-31-35-39-42(44)46)38-34-30-26-22-18-14-10-6-4-8-12-16-20-24-28-32-36-40-43(45)47/h35-36,39-41H,2-34,37-38H2,1H3,(H2,44,46)(H2,45,47). The van der Waals surface area contributed by atoms with Crippen LogP contribution in [-0.2, 0) is 9.59 Å². The minimum atomic E-state index is -0.332. The third kappa shape index (κ3) is 40.5. The maximum absolute atomic E-state index is 10.6. The van der Waals surface area contributed by atoms with E-state index in [4.69, 9.17) is 11.5 Å². The number of hydrogen-bond acceptors (Lipinski definition) is 2. The molecule has 0 saturated heterocycles. The van der Waals surface area contributed by atoms with Gasteiger partial charge in [0.15, 0.2) is 0 Å². The van der Waals surface area contributed by atoms with E-state index in [9.17, 15) is 9.59 Å². The molecule has 4 heteroatoms. The number of carbonyl (C=O) groups is 2. The van der Waals surface area contributed by atoms with Crippen LogP contribution in [0.3, 0.4) is 0 Å². The summed E-state index contributed by atoms with van der Waals surface area (Å²) in [6.45, 7) is 2.41. The lowest BCUT2D eigenvalue weighted by Crippen LogP contribution is -2.05. The third-order valence-electron chi connectivity index (χ3n) is 10.1. The molecule has 0 aliphatic rings. The zero-order valence-corrected chi connectivity index (χ0v) is 31.6. The van der Waals surface area contributed by atoms with Gasteiger partial charge in [-0.05, 0) is 43.8 Å². The van der Waals surface area contributed by atoms with Gasteiger partial charge in [0.05, 0.1) is 0 Å². The molecule has 0 aliphatic heterocycles. The van der Waals surface area contributed by atoms with Crippen molar-refractivity contribution in [2.75, 3.05) is 0 Å². The summed E-state index contributed by atoms with van der Waals surface area (Å²) < 4.78 is 0. The first kappa shape index (κ1) is 45.4. The molecule has 0 aromatic rings. The molecule has 0 unspecified atom stereocenters. The highest BCUT2D eigenvalue weighted by molar-refractivity contribution is 5.85. The highest BCUT2D eigenvalue weighted by atomic mass is 16.1. The van der Waals surface area contributed by atoms with E-state index in [2.05, 4.69) is 6.92 Å². The Morgan fingerprint density at radius 1 is 0.383 bits per heavy atom. The van der Waals surface area contributed by atoms with Crippen LogP contribution in [0.15, 0.2) is 24.3 Å². The van der Waals surface area contributed by atoms with E-state index in [1.165, 1.54) is 224 Å². The normalized spacial score (nSPS) is 12.4. The van der Waals surface area contributed by atoms with Gasteiger partial charge in [-0.15, -0.1) is 0 Å². The molecule has 0 aliphatic carbocycles. The topological polar surface area (TPSA) is 86.2 Å². The lowest BCUT2D eigenvalue weighted by atomic mass is 9.92. The van der Waals surface area contributed by atoms with Gasteiger partial charge in [-0.3, -0.25) is 9.59 Å². The van der Waals surface area contributed by atoms with Crippen molar-refractivity contribution in [1.82, 2.24) is 0 Å². The van der Waals surface area contributed by atoms with E-state index in [1.54, 1.807) is 0 Å². The molecule has 0 aromatic carbocycles.